The molecule has 0 bridgehead atoms. The van der Waals surface area contributed by atoms with Gasteiger partial charge in [-0.2, -0.15) is 0 Å². The third-order valence-electron chi connectivity index (χ3n) is 12.9. The Bertz CT molecular complexity index is 2670. The highest BCUT2D eigenvalue weighted by Gasteiger charge is 2.54. The summed E-state index contributed by atoms with van der Waals surface area (Å²) in [6.07, 6.45) is 6.90. The van der Waals surface area contributed by atoms with Crippen molar-refractivity contribution in [2.75, 3.05) is 4.90 Å². The predicted molar refractivity (Wildman–Crippen MR) is 246 cm³/mol. The summed E-state index contributed by atoms with van der Waals surface area (Å²) in [6.45, 7) is 14.3. The molecule has 58 heavy (non-hydrogen) atoms. The Morgan fingerprint density at radius 1 is 0.466 bits per heavy atom. The highest BCUT2D eigenvalue weighted by Crippen LogP contribution is 2.66. The van der Waals surface area contributed by atoms with Gasteiger partial charge in [0.2, 0.25) is 0 Å². The van der Waals surface area contributed by atoms with Crippen LogP contribution in [0, 0.1) is 0 Å². The van der Waals surface area contributed by atoms with Gasteiger partial charge in [0.15, 0.2) is 0 Å². The zero-order chi connectivity index (χ0) is 39.8. The lowest BCUT2D eigenvalue weighted by Gasteiger charge is -2.38. The summed E-state index contributed by atoms with van der Waals surface area (Å²) in [5.74, 6) is 0. The molecule has 0 N–H and O–H groups in total. The minimum atomic E-state index is -0.392. The molecule has 1 spiro atoms. The lowest BCUT2D eigenvalue weighted by Crippen LogP contribution is -2.32. The van der Waals surface area contributed by atoms with Gasteiger partial charge in [-0.1, -0.05) is 181 Å². The van der Waals surface area contributed by atoms with E-state index >= 15 is 0 Å². The average Bonchev–Trinajstić information content (AvgIpc) is 3.71. The highest BCUT2D eigenvalue weighted by atomic mass is 15.1. The Balaban J connectivity index is 1.24. The molecule has 0 fully saturated rings. The topological polar surface area (TPSA) is 3.24 Å². The number of allylic oxidation sites excluding steroid dienone is 4. The third-order valence-corrected chi connectivity index (χ3v) is 12.9. The van der Waals surface area contributed by atoms with Crippen molar-refractivity contribution in [3.63, 3.8) is 0 Å². The van der Waals surface area contributed by atoms with Gasteiger partial charge in [0.1, 0.15) is 0 Å². The van der Waals surface area contributed by atoms with E-state index < -0.39 is 5.41 Å². The average molecular weight is 750 g/mol. The molecule has 1 nitrogen and oxygen atoms in total. The fourth-order valence-corrected chi connectivity index (χ4v) is 10.1. The normalized spacial score (nSPS) is 16.6. The third kappa shape index (κ3) is 5.66. The largest absolute Gasteiger partial charge is 0.310 e. The standard InChI is InChI=1S/C57H51N/c1-55(2,3)42-35-49-48-34-33-45(37-52(48)57(54(49)53(36-42)56(4,5)6)50-23-15-13-21-46(50)47-22-14-16-24-51(47)57)58(43-29-25-40(26-30-43)38-17-9-7-10-18-38)44-31-27-41(28-32-44)39-19-11-8-12-20-39/h7-15,17-23,25-37H,16,24H2,1-6H3. The molecule has 10 rings (SSSR count). The first-order valence-corrected chi connectivity index (χ1v) is 21.0. The smallest absolute Gasteiger partial charge is 0.0692 e. The summed E-state index contributed by atoms with van der Waals surface area (Å²) in [7, 11) is 0. The SMILES string of the molecule is CC(C)(C)c1cc2c(c(C(C)(C)C)c1)C1(C3=C(C=CCC3)c3ccccc31)c1cc(N(c3ccc(-c4ccccc4)cc3)c3ccc(-c4ccccc4)cc3)ccc1-2. The molecule has 284 valence electrons. The Morgan fingerprint density at radius 3 is 1.60 bits per heavy atom. The van der Waals surface area contributed by atoms with Crippen LogP contribution in [0.2, 0.25) is 0 Å². The molecule has 7 aromatic carbocycles. The van der Waals surface area contributed by atoms with Crippen LogP contribution < -0.4 is 4.90 Å². The van der Waals surface area contributed by atoms with Gasteiger partial charge in [-0.25, -0.2) is 0 Å². The van der Waals surface area contributed by atoms with Crippen LogP contribution in [-0.4, -0.2) is 0 Å². The minimum absolute atomic E-state index is 0.00506. The van der Waals surface area contributed by atoms with Crippen molar-refractivity contribution >= 4 is 22.6 Å². The number of nitrogens with zero attached hydrogens (tertiary/aromatic N) is 1. The van der Waals surface area contributed by atoms with E-state index in [1.807, 2.05) is 0 Å². The fraction of sp³-hybridized carbons (Fsp3) is 0.193. The molecule has 0 heterocycles. The van der Waals surface area contributed by atoms with Crippen molar-refractivity contribution in [2.24, 2.45) is 0 Å². The van der Waals surface area contributed by atoms with Gasteiger partial charge in [0, 0.05) is 17.1 Å². The van der Waals surface area contributed by atoms with Gasteiger partial charge in [0.05, 0.1) is 5.41 Å². The first kappa shape index (κ1) is 36.2. The summed E-state index contributed by atoms with van der Waals surface area (Å²) in [6, 6.07) is 61.3. The van der Waals surface area contributed by atoms with Crippen LogP contribution in [0.25, 0.3) is 39.0 Å². The molecule has 7 aromatic rings. The molecular weight excluding hydrogens is 699 g/mol. The lowest BCUT2D eigenvalue weighted by molar-refractivity contribution is 0.555. The summed E-state index contributed by atoms with van der Waals surface area (Å²) in [4.78, 5) is 2.46. The van der Waals surface area contributed by atoms with Crippen molar-refractivity contribution in [3.8, 4) is 33.4 Å². The maximum absolute atomic E-state index is 2.56. The molecule has 0 amide bonds. The van der Waals surface area contributed by atoms with Crippen LogP contribution in [0.15, 0.2) is 182 Å². The van der Waals surface area contributed by atoms with Crippen LogP contribution in [0.5, 0.6) is 0 Å². The van der Waals surface area contributed by atoms with Crippen LogP contribution in [-0.2, 0) is 16.2 Å². The first-order valence-electron chi connectivity index (χ1n) is 21.0. The molecule has 0 saturated heterocycles. The number of hydrogen-bond acceptors (Lipinski definition) is 1. The van der Waals surface area contributed by atoms with Crippen molar-refractivity contribution in [2.45, 2.75) is 70.6 Å². The van der Waals surface area contributed by atoms with Gasteiger partial charge < -0.3 is 4.90 Å². The van der Waals surface area contributed by atoms with Gasteiger partial charge >= 0.3 is 0 Å². The maximum atomic E-state index is 2.56. The van der Waals surface area contributed by atoms with E-state index in [9.17, 15) is 0 Å². The minimum Gasteiger partial charge on any atom is -0.310 e. The Morgan fingerprint density at radius 2 is 1.02 bits per heavy atom. The van der Waals surface area contributed by atoms with Crippen LogP contribution >= 0.6 is 0 Å². The number of fused-ring (bicyclic) bond motifs is 9. The van der Waals surface area contributed by atoms with Gasteiger partial charge in [0.25, 0.3) is 0 Å². The van der Waals surface area contributed by atoms with Crippen molar-refractivity contribution in [1.29, 1.82) is 0 Å². The quantitative estimate of drug-likeness (QED) is 0.169. The molecule has 0 saturated carbocycles. The Hall–Kier alpha value is -6.18. The second-order valence-electron chi connectivity index (χ2n) is 18.5. The number of benzene rings is 7. The van der Waals surface area contributed by atoms with E-state index in [1.165, 1.54) is 72.3 Å². The summed E-state index contributed by atoms with van der Waals surface area (Å²) in [5.41, 5.74) is 22.1. The van der Waals surface area contributed by atoms with Crippen LogP contribution in [0.3, 0.4) is 0 Å². The molecule has 3 aliphatic rings. The molecule has 1 unspecified atom stereocenters. The van der Waals surface area contributed by atoms with E-state index in [4.69, 9.17) is 0 Å². The molecule has 0 aromatic heterocycles. The summed E-state index contributed by atoms with van der Waals surface area (Å²) in [5, 5.41) is 0. The summed E-state index contributed by atoms with van der Waals surface area (Å²) < 4.78 is 0. The first-order chi connectivity index (χ1) is 28.0. The zero-order valence-electron chi connectivity index (χ0n) is 34.6. The van der Waals surface area contributed by atoms with Gasteiger partial charge in [-0.15, -0.1) is 0 Å². The fourth-order valence-electron chi connectivity index (χ4n) is 10.1. The van der Waals surface area contributed by atoms with Crippen molar-refractivity contribution in [3.05, 3.63) is 215 Å². The zero-order valence-corrected chi connectivity index (χ0v) is 34.6. The highest BCUT2D eigenvalue weighted by molar-refractivity contribution is 5.99. The second-order valence-corrected chi connectivity index (χ2v) is 18.5. The second kappa shape index (κ2) is 13.5. The monoisotopic (exact) mass is 749 g/mol. The molecule has 1 atom stereocenters. The van der Waals surface area contributed by atoms with Crippen molar-refractivity contribution < 1.29 is 0 Å². The molecule has 0 aliphatic heterocycles. The van der Waals surface area contributed by atoms with E-state index in [1.54, 1.807) is 5.57 Å². The molecule has 0 radical (unpaired) electrons. The van der Waals surface area contributed by atoms with E-state index in [-0.39, 0.29) is 10.8 Å². The van der Waals surface area contributed by atoms with Crippen molar-refractivity contribution in [1.82, 2.24) is 0 Å². The Labute approximate surface area is 345 Å². The van der Waals surface area contributed by atoms with E-state index in [0.29, 0.717) is 0 Å². The number of hydrogen-bond donors (Lipinski definition) is 0. The Kier molecular flexibility index (Phi) is 8.39. The number of rotatable bonds is 5. The predicted octanol–water partition coefficient (Wildman–Crippen LogP) is 15.5. The van der Waals surface area contributed by atoms with Crippen LogP contribution in [0.4, 0.5) is 17.1 Å². The molecule has 1 heteroatoms. The van der Waals surface area contributed by atoms with Crippen LogP contribution in [0.1, 0.15) is 87.8 Å². The number of anilines is 3. The molecule has 3 aliphatic carbocycles. The maximum Gasteiger partial charge on any atom is 0.0692 e. The lowest BCUT2D eigenvalue weighted by atomic mass is 9.64. The van der Waals surface area contributed by atoms with Gasteiger partial charge in [-0.3, -0.25) is 0 Å². The van der Waals surface area contributed by atoms with E-state index in [0.717, 1.165) is 29.9 Å². The molecular formula is C57H51N. The van der Waals surface area contributed by atoms with E-state index in [2.05, 4.69) is 222 Å². The van der Waals surface area contributed by atoms with Gasteiger partial charge in [-0.05, 0) is 138 Å². The summed E-state index contributed by atoms with van der Waals surface area (Å²) >= 11 is 0.